The van der Waals surface area contributed by atoms with Gasteiger partial charge in [0.25, 0.3) is 5.56 Å². The summed E-state index contributed by atoms with van der Waals surface area (Å²) in [5.74, 6) is 1.04. The lowest BCUT2D eigenvalue weighted by molar-refractivity contribution is 0.439. The Balaban J connectivity index is 1.77. The maximum absolute atomic E-state index is 12.9. The third-order valence-corrected chi connectivity index (χ3v) is 5.51. The number of fused-ring (bicyclic) bond motifs is 3. The Morgan fingerprint density at radius 2 is 2.04 bits per heavy atom. The van der Waals surface area contributed by atoms with Crippen molar-refractivity contribution < 1.29 is 4.42 Å². The van der Waals surface area contributed by atoms with E-state index in [9.17, 15) is 4.79 Å². The van der Waals surface area contributed by atoms with E-state index in [1.807, 2.05) is 6.92 Å². The molecule has 6 nitrogen and oxygen atoms in total. The van der Waals surface area contributed by atoms with Crippen LogP contribution in [0.1, 0.15) is 48.4 Å². The van der Waals surface area contributed by atoms with Crippen LogP contribution in [0.3, 0.4) is 0 Å². The van der Waals surface area contributed by atoms with Gasteiger partial charge in [-0.1, -0.05) is 13.3 Å². The molecule has 1 aliphatic rings. The van der Waals surface area contributed by atoms with Crippen molar-refractivity contribution in [2.45, 2.75) is 52.0 Å². The molecule has 0 atom stereocenters. The molecular formula is C16H18N4O2S. The number of nitrogens with zero attached hydrogens (tertiary/aromatic N) is 4. The maximum atomic E-state index is 12.9. The SMILES string of the molecule is CCc1nnc(Cn2cnc3sc4c(c3c2=O)CCCCC4)o1. The van der Waals surface area contributed by atoms with E-state index in [2.05, 4.69) is 15.2 Å². The Morgan fingerprint density at radius 3 is 2.87 bits per heavy atom. The normalized spacial score (nSPS) is 14.8. The first-order chi connectivity index (χ1) is 11.3. The zero-order chi connectivity index (χ0) is 15.8. The number of thiophene rings is 1. The summed E-state index contributed by atoms with van der Waals surface area (Å²) in [5, 5.41) is 8.73. The van der Waals surface area contributed by atoms with Gasteiger partial charge >= 0.3 is 0 Å². The molecule has 0 aliphatic heterocycles. The highest BCUT2D eigenvalue weighted by molar-refractivity contribution is 7.18. The van der Waals surface area contributed by atoms with Crippen LogP contribution in [0.15, 0.2) is 15.5 Å². The summed E-state index contributed by atoms with van der Waals surface area (Å²) in [4.78, 5) is 19.6. The topological polar surface area (TPSA) is 73.8 Å². The molecule has 23 heavy (non-hydrogen) atoms. The fraction of sp³-hybridized carbons (Fsp3) is 0.500. The molecule has 7 heteroatoms. The van der Waals surface area contributed by atoms with Gasteiger partial charge in [-0.2, -0.15) is 0 Å². The van der Waals surface area contributed by atoms with Crippen LogP contribution in [-0.4, -0.2) is 19.7 Å². The van der Waals surface area contributed by atoms with E-state index >= 15 is 0 Å². The molecule has 0 N–H and O–H groups in total. The molecular weight excluding hydrogens is 312 g/mol. The van der Waals surface area contributed by atoms with Crippen molar-refractivity contribution in [2.75, 3.05) is 0 Å². The first kappa shape index (κ1) is 14.6. The van der Waals surface area contributed by atoms with Crippen LogP contribution < -0.4 is 5.56 Å². The highest BCUT2D eigenvalue weighted by atomic mass is 32.1. The minimum Gasteiger partial charge on any atom is -0.423 e. The van der Waals surface area contributed by atoms with Crippen LogP contribution in [0.2, 0.25) is 0 Å². The van der Waals surface area contributed by atoms with E-state index in [4.69, 9.17) is 4.42 Å². The third kappa shape index (κ3) is 2.59. The quantitative estimate of drug-likeness (QED) is 0.690. The Hall–Kier alpha value is -2.02. The first-order valence-corrected chi connectivity index (χ1v) is 8.89. The predicted octanol–water partition coefficient (Wildman–Crippen LogP) is 2.72. The van der Waals surface area contributed by atoms with Gasteiger partial charge in [-0.15, -0.1) is 21.5 Å². The van der Waals surface area contributed by atoms with Crippen LogP contribution in [-0.2, 0) is 25.8 Å². The lowest BCUT2D eigenvalue weighted by Crippen LogP contribution is -2.21. The largest absolute Gasteiger partial charge is 0.423 e. The summed E-state index contributed by atoms with van der Waals surface area (Å²) in [7, 11) is 0. The van der Waals surface area contributed by atoms with E-state index in [0.717, 1.165) is 29.5 Å². The van der Waals surface area contributed by atoms with Crippen molar-refractivity contribution >= 4 is 21.6 Å². The smallest absolute Gasteiger partial charge is 0.262 e. The number of hydrogen-bond acceptors (Lipinski definition) is 6. The van der Waals surface area contributed by atoms with E-state index in [1.165, 1.54) is 23.3 Å². The summed E-state index contributed by atoms with van der Waals surface area (Å²) in [5.41, 5.74) is 1.22. The van der Waals surface area contributed by atoms with Crippen molar-refractivity contribution in [1.82, 2.24) is 19.7 Å². The van der Waals surface area contributed by atoms with Crippen LogP contribution in [0.5, 0.6) is 0 Å². The minimum atomic E-state index is 0.00523. The Labute approximate surface area is 137 Å². The second kappa shape index (κ2) is 5.88. The van der Waals surface area contributed by atoms with Crippen LogP contribution in [0, 0.1) is 0 Å². The van der Waals surface area contributed by atoms with Crippen LogP contribution in [0.25, 0.3) is 10.2 Å². The molecule has 4 rings (SSSR count). The van der Waals surface area contributed by atoms with E-state index in [-0.39, 0.29) is 12.1 Å². The molecule has 1 aliphatic carbocycles. The molecule has 120 valence electrons. The Morgan fingerprint density at radius 1 is 1.22 bits per heavy atom. The summed E-state index contributed by atoms with van der Waals surface area (Å²) in [6, 6.07) is 0. The summed E-state index contributed by atoms with van der Waals surface area (Å²) in [6.45, 7) is 2.23. The van der Waals surface area contributed by atoms with Crippen molar-refractivity contribution in [3.05, 3.63) is 38.9 Å². The van der Waals surface area contributed by atoms with Gasteiger partial charge in [0.1, 0.15) is 11.4 Å². The fourth-order valence-electron chi connectivity index (χ4n) is 3.11. The molecule has 0 fully saturated rings. The van der Waals surface area contributed by atoms with Crippen molar-refractivity contribution in [1.29, 1.82) is 0 Å². The zero-order valence-corrected chi connectivity index (χ0v) is 13.9. The number of aryl methyl sites for hydroxylation is 3. The van der Waals surface area contributed by atoms with Crippen LogP contribution >= 0.6 is 11.3 Å². The number of aromatic nitrogens is 4. The second-order valence-electron chi connectivity index (χ2n) is 5.87. The molecule has 0 spiro atoms. The highest BCUT2D eigenvalue weighted by Gasteiger charge is 2.19. The van der Waals surface area contributed by atoms with Crippen molar-refractivity contribution in [2.24, 2.45) is 0 Å². The van der Waals surface area contributed by atoms with Gasteiger partial charge in [0.05, 0.1) is 11.7 Å². The lowest BCUT2D eigenvalue weighted by Gasteiger charge is -2.03. The maximum Gasteiger partial charge on any atom is 0.262 e. The average molecular weight is 330 g/mol. The first-order valence-electron chi connectivity index (χ1n) is 8.07. The molecule has 0 radical (unpaired) electrons. The van der Waals surface area contributed by atoms with E-state index < -0.39 is 0 Å². The van der Waals surface area contributed by atoms with E-state index in [1.54, 1.807) is 22.2 Å². The zero-order valence-electron chi connectivity index (χ0n) is 13.0. The Bertz CT molecular complexity index is 909. The molecule has 0 amide bonds. The van der Waals surface area contributed by atoms with Crippen LogP contribution in [0.4, 0.5) is 0 Å². The van der Waals surface area contributed by atoms with Crippen molar-refractivity contribution in [3.63, 3.8) is 0 Å². The Kier molecular flexibility index (Phi) is 3.72. The van der Waals surface area contributed by atoms with Gasteiger partial charge in [0, 0.05) is 11.3 Å². The molecule has 0 saturated heterocycles. The number of rotatable bonds is 3. The highest BCUT2D eigenvalue weighted by Crippen LogP contribution is 2.32. The molecule has 0 saturated carbocycles. The summed E-state index contributed by atoms with van der Waals surface area (Å²) in [6.07, 6.45) is 7.93. The van der Waals surface area contributed by atoms with Gasteiger partial charge in [-0.3, -0.25) is 9.36 Å². The molecule has 0 aromatic carbocycles. The fourth-order valence-corrected chi connectivity index (χ4v) is 4.33. The monoisotopic (exact) mass is 330 g/mol. The molecule has 0 bridgehead atoms. The third-order valence-electron chi connectivity index (χ3n) is 4.31. The average Bonchev–Trinajstić information content (AvgIpc) is 3.08. The van der Waals surface area contributed by atoms with Crippen molar-refractivity contribution in [3.8, 4) is 0 Å². The second-order valence-corrected chi connectivity index (χ2v) is 6.95. The van der Waals surface area contributed by atoms with Gasteiger partial charge < -0.3 is 4.42 Å². The van der Waals surface area contributed by atoms with Gasteiger partial charge in [-0.05, 0) is 31.2 Å². The molecule has 0 unspecified atom stereocenters. The summed E-state index contributed by atoms with van der Waals surface area (Å²) < 4.78 is 7.09. The van der Waals surface area contributed by atoms with E-state index in [0.29, 0.717) is 18.2 Å². The molecule has 3 aromatic heterocycles. The predicted molar refractivity (Wildman–Crippen MR) is 87.9 cm³/mol. The standard InChI is InChI=1S/C16H18N4O2S/c1-2-12-18-19-13(22-12)8-20-9-17-15-14(16(20)21)10-6-4-3-5-7-11(10)23-15/h9H,2-8H2,1H3. The number of hydrogen-bond donors (Lipinski definition) is 0. The van der Waals surface area contributed by atoms with Gasteiger partial charge in [-0.25, -0.2) is 4.98 Å². The molecule has 3 aromatic rings. The van der Waals surface area contributed by atoms with Gasteiger partial charge in [0.2, 0.25) is 11.8 Å². The minimum absolute atomic E-state index is 0.00523. The molecule has 3 heterocycles. The van der Waals surface area contributed by atoms with Gasteiger partial charge in [0.15, 0.2) is 0 Å². The summed E-state index contributed by atoms with van der Waals surface area (Å²) >= 11 is 1.67. The lowest BCUT2D eigenvalue weighted by atomic mass is 10.1.